The molecular formula is C60H44. The molecule has 0 fully saturated rings. The van der Waals surface area contributed by atoms with Gasteiger partial charge in [-0.1, -0.05) is 185 Å². The molecule has 2 aliphatic rings. The molecule has 0 atom stereocenters. The van der Waals surface area contributed by atoms with Crippen LogP contribution < -0.4 is 0 Å². The first kappa shape index (κ1) is 35.0. The summed E-state index contributed by atoms with van der Waals surface area (Å²) in [6.45, 7) is 9.43. The van der Waals surface area contributed by atoms with Crippen molar-refractivity contribution >= 4 is 32.3 Å². The fourth-order valence-corrected chi connectivity index (χ4v) is 10.8. The molecule has 0 amide bonds. The second-order valence-electron chi connectivity index (χ2n) is 18.1. The van der Waals surface area contributed by atoms with Gasteiger partial charge in [0.2, 0.25) is 0 Å². The molecule has 0 heterocycles. The number of benzene rings is 10. The van der Waals surface area contributed by atoms with Gasteiger partial charge in [0.15, 0.2) is 0 Å². The van der Waals surface area contributed by atoms with Gasteiger partial charge in [-0.05, 0) is 158 Å². The minimum atomic E-state index is -0.0271. The third-order valence-electron chi connectivity index (χ3n) is 14.1. The standard InChI is InChI=1S/C60H44/c1-59(2)55-21-9-7-19-49(55)51-29-25-43(35-57(51)59)39-15-11-13-37(31-39)41-23-27-47-48-28-24-42(34-54(48)46-18-6-5-17-45(46)53(47)33-41)38-14-12-16-40(32-38)44-26-30-52-50-20-8-10-22-56(50)60(3,4)58(52)36-44/h5-36H,1-4H3. The van der Waals surface area contributed by atoms with Crippen LogP contribution in [0.3, 0.4) is 0 Å². The Morgan fingerprint density at radius 1 is 0.217 bits per heavy atom. The van der Waals surface area contributed by atoms with Crippen LogP contribution in [0.5, 0.6) is 0 Å². The van der Waals surface area contributed by atoms with Crippen molar-refractivity contribution in [2.75, 3.05) is 0 Å². The Balaban J connectivity index is 0.916. The zero-order valence-corrected chi connectivity index (χ0v) is 34.5. The van der Waals surface area contributed by atoms with E-state index >= 15 is 0 Å². The second kappa shape index (κ2) is 12.7. The molecule has 0 radical (unpaired) electrons. The van der Waals surface area contributed by atoms with Crippen molar-refractivity contribution in [1.29, 1.82) is 0 Å². The van der Waals surface area contributed by atoms with E-state index in [-0.39, 0.29) is 10.8 Å². The zero-order chi connectivity index (χ0) is 40.3. The lowest BCUT2D eigenvalue weighted by molar-refractivity contribution is 0.660. The fraction of sp³-hybridized carbons (Fsp3) is 0.100. The zero-order valence-electron chi connectivity index (χ0n) is 34.5. The maximum atomic E-state index is 2.42. The molecule has 0 saturated carbocycles. The van der Waals surface area contributed by atoms with Crippen molar-refractivity contribution in [3.8, 4) is 66.8 Å². The average Bonchev–Trinajstić information content (AvgIpc) is 3.67. The number of hydrogen-bond donors (Lipinski definition) is 0. The van der Waals surface area contributed by atoms with Crippen molar-refractivity contribution in [3.05, 3.63) is 216 Å². The van der Waals surface area contributed by atoms with Crippen LogP contribution in [-0.2, 0) is 10.8 Å². The maximum Gasteiger partial charge on any atom is 0.0159 e. The minimum absolute atomic E-state index is 0.0271. The first-order valence-electron chi connectivity index (χ1n) is 21.3. The molecule has 60 heavy (non-hydrogen) atoms. The molecule has 0 saturated heterocycles. The van der Waals surface area contributed by atoms with Gasteiger partial charge in [-0.25, -0.2) is 0 Å². The van der Waals surface area contributed by atoms with Crippen molar-refractivity contribution in [3.63, 3.8) is 0 Å². The summed E-state index contributed by atoms with van der Waals surface area (Å²) in [5.41, 5.74) is 20.9. The average molecular weight is 765 g/mol. The van der Waals surface area contributed by atoms with Crippen LogP contribution in [0.2, 0.25) is 0 Å². The molecule has 0 spiro atoms. The molecular weight excluding hydrogens is 721 g/mol. The van der Waals surface area contributed by atoms with Gasteiger partial charge in [-0.2, -0.15) is 0 Å². The van der Waals surface area contributed by atoms with E-state index in [9.17, 15) is 0 Å². The topological polar surface area (TPSA) is 0 Å². The lowest BCUT2D eigenvalue weighted by atomic mass is 9.81. The Kier molecular flexibility index (Phi) is 7.42. The molecule has 0 aliphatic heterocycles. The molecule has 0 nitrogen and oxygen atoms in total. The largest absolute Gasteiger partial charge is 0.0619 e. The lowest BCUT2D eigenvalue weighted by Gasteiger charge is -2.22. The van der Waals surface area contributed by atoms with Crippen molar-refractivity contribution in [2.24, 2.45) is 0 Å². The Morgan fingerprint density at radius 2 is 0.533 bits per heavy atom. The van der Waals surface area contributed by atoms with Gasteiger partial charge in [-0.15, -0.1) is 0 Å². The SMILES string of the molecule is CC1(C)c2ccccc2-c2ccc(-c3cccc(-c4ccc5c6ccc(-c7cccc(-c8ccc9c(c8)C(C)(C)c8ccccc8-9)c7)cc6c6ccccc6c5c4)c3)cc21. The van der Waals surface area contributed by atoms with Gasteiger partial charge in [0, 0.05) is 10.8 Å². The van der Waals surface area contributed by atoms with Crippen molar-refractivity contribution in [1.82, 2.24) is 0 Å². The van der Waals surface area contributed by atoms with Crippen molar-refractivity contribution in [2.45, 2.75) is 38.5 Å². The predicted molar refractivity (Wildman–Crippen MR) is 256 cm³/mol. The Morgan fingerprint density at radius 3 is 0.967 bits per heavy atom. The number of fused-ring (bicyclic) bond motifs is 12. The highest BCUT2D eigenvalue weighted by Gasteiger charge is 2.36. The summed E-state index contributed by atoms with van der Waals surface area (Å²) in [5.74, 6) is 0. The first-order valence-corrected chi connectivity index (χ1v) is 21.3. The highest BCUT2D eigenvalue weighted by molar-refractivity contribution is 6.26. The fourth-order valence-electron chi connectivity index (χ4n) is 10.8. The minimum Gasteiger partial charge on any atom is -0.0619 e. The molecule has 2 aliphatic carbocycles. The number of hydrogen-bond acceptors (Lipinski definition) is 0. The van der Waals surface area contributed by atoms with E-state index in [1.54, 1.807) is 0 Å². The van der Waals surface area contributed by atoms with Gasteiger partial charge >= 0.3 is 0 Å². The molecule has 10 aromatic carbocycles. The Labute approximate surface area is 352 Å². The van der Waals surface area contributed by atoms with Crippen LogP contribution >= 0.6 is 0 Å². The quantitative estimate of drug-likeness (QED) is 0.157. The summed E-state index contributed by atoms with van der Waals surface area (Å²) in [6.07, 6.45) is 0. The van der Waals surface area contributed by atoms with Gasteiger partial charge in [0.1, 0.15) is 0 Å². The van der Waals surface area contributed by atoms with E-state index < -0.39 is 0 Å². The Hall–Kier alpha value is -7.02. The predicted octanol–water partition coefficient (Wildman–Crippen LogP) is 16.4. The summed E-state index contributed by atoms with van der Waals surface area (Å²) in [5, 5.41) is 7.71. The Bertz CT molecular complexity index is 3180. The molecule has 0 heteroatoms. The normalized spacial score (nSPS) is 14.3. The molecule has 0 N–H and O–H groups in total. The van der Waals surface area contributed by atoms with Crippen LogP contribution in [0.25, 0.3) is 99.1 Å². The third kappa shape index (κ3) is 5.10. The molecule has 284 valence electrons. The van der Waals surface area contributed by atoms with Crippen LogP contribution in [0.15, 0.2) is 194 Å². The third-order valence-corrected chi connectivity index (χ3v) is 14.1. The molecule has 12 rings (SSSR count). The lowest BCUT2D eigenvalue weighted by Crippen LogP contribution is -2.14. The monoisotopic (exact) mass is 764 g/mol. The van der Waals surface area contributed by atoms with E-state index in [0.29, 0.717) is 0 Å². The van der Waals surface area contributed by atoms with Gasteiger partial charge in [0.25, 0.3) is 0 Å². The molecule has 10 aromatic rings. The summed E-state index contributed by atoms with van der Waals surface area (Å²) in [4.78, 5) is 0. The summed E-state index contributed by atoms with van der Waals surface area (Å²) in [6, 6.07) is 73.1. The maximum absolute atomic E-state index is 2.42. The van der Waals surface area contributed by atoms with E-state index in [0.717, 1.165) is 0 Å². The van der Waals surface area contributed by atoms with E-state index in [1.165, 1.54) is 121 Å². The van der Waals surface area contributed by atoms with Crippen LogP contribution in [0.1, 0.15) is 49.9 Å². The van der Waals surface area contributed by atoms with Gasteiger partial charge < -0.3 is 0 Å². The highest BCUT2D eigenvalue weighted by Crippen LogP contribution is 2.51. The van der Waals surface area contributed by atoms with E-state index in [4.69, 9.17) is 0 Å². The van der Waals surface area contributed by atoms with Gasteiger partial charge in [0.05, 0.1) is 0 Å². The van der Waals surface area contributed by atoms with Crippen LogP contribution in [-0.4, -0.2) is 0 Å². The summed E-state index contributed by atoms with van der Waals surface area (Å²) < 4.78 is 0. The molecule has 0 bridgehead atoms. The van der Waals surface area contributed by atoms with Crippen molar-refractivity contribution < 1.29 is 0 Å². The summed E-state index contributed by atoms with van der Waals surface area (Å²) >= 11 is 0. The highest BCUT2D eigenvalue weighted by atomic mass is 14.4. The number of rotatable bonds is 4. The molecule has 0 unspecified atom stereocenters. The van der Waals surface area contributed by atoms with E-state index in [1.807, 2.05) is 0 Å². The smallest absolute Gasteiger partial charge is 0.0159 e. The van der Waals surface area contributed by atoms with Crippen LogP contribution in [0.4, 0.5) is 0 Å². The second-order valence-corrected chi connectivity index (χ2v) is 18.1. The first-order chi connectivity index (χ1) is 29.2. The van der Waals surface area contributed by atoms with E-state index in [2.05, 4.69) is 222 Å². The van der Waals surface area contributed by atoms with Crippen LogP contribution in [0, 0.1) is 0 Å². The summed E-state index contributed by atoms with van der Waals surface area (Å²) in [7, 11) is 0. The van der Waals surface area contributed by atoms with Gasteiger partial charge in [-0.3, -0.25) is 0 Å². The molecule has 0 aromatic heterocycles.